The summed E-state index contributed by atoms with van der Waals surface area (Å²) in [6.07, 6.45) is 1.21. The second kappa shape index (κ2) is 5.98. The van der Waals surface area contributed by atoms with Gasteiger partial charge in [-0.1, -0.05) is 55.3 Å². The third-order valence-corrected chi connectivity index (χ3v) is 3.28. The summed E-state index contributed by atoms with van der Waals surface area (Å²) in [5.74, 6) is -0.365. The highest BCUT2D eigenvalue weighted by atomic mass is 19.1. The van der Waals surface area contributed by atoms with Crippen LogP contribution in [0.25, 0.3) is 0 Å². The van der Waals surface area contributed by atoms with E-state index in [9.17, 15) is 9.50 Å². The Morgan fingerprint density at radius 2 is 1.79 bits per heavy atom. The Bertz CT molecular complexity index is 546. The maximum absolute atomic E-state index is 13.7. The van der Waals surface area contributed by atoms with Gasteiger partial charge in [0.25, 0.3) is 0 Å². The number of hydrogen-bond donors (Lipinski definition) is 1. The highest BCUT2D eigenvalue weighted by Crippen LogP contribution is 2.25. The van der Waals surface area contributed by atoms with E-state index in [-0.39, 0.29) is 5.82 Å². The zero-order valence-electron chi connectivity index (χ0n) is 11.4. The van der Waals surface area contributed by atoms with Crippen LogP contribution in [0.3, 0.4) is 0 Å². The first kappa shape index (κ1) is 13.8. The molecular formula is C17H19FO. The second-order valence-corrected chi connectivity index (χ2v) is 4.92. The molecule has 0 fully saturated rings. The van der Waals surface area contributed by atoms with E-state index >= 15 is 0 Å². The molecule has 2 aromatic carbocycles. The highest BCUT2D eigenvalue weighted by Gasteiger charge is 2.14. The van der Waals surface area contributed by atoms with Gasteiger partial charge < -0.3 is 5.11 Å². The number of aliphatic hydroxyl groups is 1. The van der Waals surface area contributed by atoms with Gasteiger partial charge in [0.1, 0.15) is 11.9 Å². The van der Waals surface area contributed by atoms with Crippen molar-refractivity contribution in [1.82, 2.24) is 0 Å². The molecule has 0 aliphatic heterocycles. The molecule has 0 saturated carbocycles. The van der Waals surface area contributed by atoms with Gasteiger partial charge >= 0.3 is 0 Å². The van der Waals surface area contributed by atoms with E-state index < -0.39 is 6.10 Å². The van der Waals surface area contributed by atoms with Crippen LogP contribution < -0.4 is 0 Å². The summed E-state index contributed by atoms with van der Waals surface area (Å²) in [6.45, 7) is 4.02. The van der Waals surface area contributed by atoms with E-state index in [1.165, 1.54) is 11.6 Å². The van der Waals surface area contributed by atoms with Gasteiger partial charge in [-0.3, -0.25) is 0 Å². The Kier molecular flexibility index (Phi) is 4.33. The standard InChI is InChI=1S/C17H19FO/c1-3-4-13-6-8-14(9-7-13)17(19)15-11-12(2)5-10-16(15)18/h5-11,17,19H,3-4H2,1-2H3. The molecule has 2 rings (SSSR count). The van der Waals surface area contributed by atoms with Crippen LogP contribution in [0, 0.1) is 12.7 Å². The Hall–Kier alpha value is -1.67. The molecule has 0 heterocycles. The quantitative estimate of drug-likeness (QED) is 0.872. The van der Waals surface area contributed by atoms with Gasteiger partial charge in [0.2, 0.25) is 0 Å². The molecule has 0 spiro atoms. The van der Waals surface area contributed by atoms with E-state index in [2.05, 4.69) is 6.92 Å². The lowest BCUT2D eigenvalue weighted by molar-refractivity contribution is 0.215. The van der Waals surface area contributed by atoms with Gasteiger partial charge in [-0.05, 0) is 30.5 Å². The zero-order chi connectivity index (χ0) is 13.8. The lowest BCUT2D eigenvalue weighted by atomic mass is 9.98. The molecule has 19 heavy (non-hydrogen) atoms. The molecule has 0 aliphatic carbocycles. The Balaban J connectivity index is 2.27. The average Bonchev–Trinajstić information content (AvgIpc) is 2.42. The van der Waals surface area contributed by atoms with Crippen molar-refractivity contribution in [2.24, 2.45) is 0 Å². The summed E-state index contributed by atoms with van der Waals surface area (Å²) in [5, 5.41) is 10.3. The summed E-state index contributed by atoms with van der Waals surface area (Å²) in [5.41, 5.74) is 3.24. The maximum Gasteiger partial charge on any atom is 0.129 e. The normalized spacial score (nSPS) is 12.4. The molecule has 2 heteroatoms. The molecule has 0 amide bonds. The van der Waals surface area contributed by atoms with E-state index in [1.54, 1.807) is 12.1 Å². The van der Waals surface area contributed by atoms with Gasteiger partial charge in [-0.2, -0.15) is 0 Å². The summed E-state index contributed by atoms with van der Waals surface area (Å²) in [7, 11) is 0. The first-order chi connectivity index (χ1) is 9.11. The minimum Gasteiger partial charge on any atom is -0.384 e. The van der Waals surface area contributed by atoms with Gasteiger partial charge in [0.05, 0.1) is 0 Å². The topological polar surface area (TPSA) is 20.2 Å². The molecule has 0 bridgehead atoms. The van der Waals surface area contributed by atoms with Gasteiger partial charge in [-0.15, -0.1) is 0 Å². The first-order valence-corrected chi connectivity index (χ1v) is 6.64. The number of halogens is 1. The maximum atomic E-state index is 13.7. The predicted octanol–water partition coefficient (Wildman–Crippen LogP) is 4.17. The van der Waals surface area contributed by atoms with Gasteiger partial charge in [0.15, 0.2) is 0 Å². The van der Waals surface area contributed by atoms with Crippen LogP contribution in [0.4, 0.5) is 4.39 Å². The van der Waals surface area contributed by atoms with Crippen LogP contribution in [0.15, 0.2) is 42.5 Å². The Labute approximate surface area is 113 Å². The Morgan fingerprint density at radius 1 is 1.11 bits per heavy atom. The van der Waals surface area contributed by atoms with Crippen LogP contribution in [0.5, 0.6) is 0 Å². The molecule has 1 atom stereocenters. The van der Waals surface area contributed by atoms with Crippen molar-refractivity contribution >= 4 is 0 Å². The van der Waals surface area contributed by atoms with Crippen molar-refractivity contribution in [3.63, 3.8) is 0 Å². The van der Waals surface area contributed by atoms with Crippen LogP contribution in [0.2, 0.25) is 0 Å². The van der Waals surface area contributed by atoms with Crippen molar-refractivity contribution in [3.05, 3.63) is 70.5 Å². The summed E-state index contributed by atoms with van der Waals surface area (Å²) in [6, 6.07) is 12.5. The number of rotatable bonds is 4. The molecule has 1 nitrogen and oxygen atoms in total. The lowest BCUT2D eigenvalue weighted by Gasteiger charge is -2.13. The van der Waals surface area contributed by atoms with Crippen molar-refractivity contribution < 1.29 is 9.50 Å². The van der Waals surface area contributed by atoms with Crippen LogP contribution in [-0.2, 0) is 6.42 Å². The first-order valence-electron chi connectivity index (χ1n) is 6.64. The molecule has 2 aromatic rings. The molecule has 1 N–H and O–H groups in total. The average molecular weight is 258 g/mol. The SMILES string of the molecule is CCCc1ccc(C(O)c2cc(C)ccc2F)cc1. The summed E-state index contributed by atoms with van der Waals surface area (Å²) in [4.78, 5) is 0. The van der Waals surface area contributed by atoms with Crippen molar-refractivity contribution in [1.29, 1.82) is 0 Å². The minimum absolute atomic E-state index is 0.336. The van der Waals surface area contributed by atoms with Gasteiger partial charge in [-0.25, -0.2) is 4.39 Å². The van der Waals surface area contributed by atoms with Crippen LogP contribution in [-0.4, -0.2) is 5.11 Å². The fourth-order valence-electron chi connectivity index (χ4n) is 2.21. The van der Waals surface area contributed by atoms with Gasteiger partial charge in [0, 0.05) is 5.56 Å². The molecule has 0 radical (unpaired) electrons. The Morgan fingerprint density at radius 3 is 2.42 bits per heavy atom. The molecule has 1 unspecified atom stereocenters. The molecular weight excluding hydrogens is 239 g/mol. The molecule has 0 aliphatic rings. The zero-order valence-corrected chi connectivity index (χ0v) is 11.4. The van der Waals surface area contributed by atoms with E-state index in [0.717, 1.165) is 24.0 Å². The van der Waals surface area contributed by atoms with Crippen molar-refractivity contribution in [3.8, 4) is 0 Å². The third-order valence-electron chi connectivity index (χ3n) is 3.28. The predicted molar refractivity (Wildman–Crippen MR) is 75.6 cm³/mol. The number of aliphatic hydroxyl groups excluding tert-OH is 1. The van der Waals surface area contributed by atoms with E-state index in [4.69, 9.17) is 0 Å². The number of hydrogen-bond acceptors (Lipinski definition) is 1. The largest absolute Gasteiger partial charge is 0.384 e. The molecule has 0 aromatic heterocycles. The fraction of sp³-hybridized carbons (Fsp3) is 0.294. The monoisotopic (exact) mass is 258 g/mol. The van der Waals surface area contributed by atoms with E-state index in [0.29, 0.717) is 5.56 Å². The minimum atomic E-state index is -0.907. The number of benzene rings is 2. The van der Waals surface area contributed by atoms with Crippen molar-refractivity contribution in [2.45, 2.75) is 32.8 Å². The fourth-order valence-corrected chi connectivity index (χ4v) is 2.21. The van der Waals surface area contributed by atoms with Crippen molar-refractivity contribution in [2.75, 3.05) is 0 Å². The smallest absolute Gasteiger partial charge is 0.129 e. The van der Waals surface area contributed by atoms with E-state index in [1.807, 2.05) is 31.2 Å². The van der Waals surface area contributed by atoms with Crippen LogP contribution in [0.1, 0.15) is 41.7 Å². The second-order valence-electron chi connectivity index (χ2n) is 4.92. The summed E-state index contributed by atoms with van der Waals surface area (Å²) < 4.78 is 13.7. The highest BCUT2D eigenvalue weighted by molar-refractivity contribution is 5.34. The number of aryl methyl sites for hydroxylation is 2. The molecule has 0 saturated heterocycles. The third kappa shape index (κ3) is 3.21. The van der Waals surface area contributed by atoms with Crippen LogP contribution >= 0.6 is 0 Å². The lowest BCUT2D eigenvalue weighted by Crippen LogP contribution is -2.03. The summed E-state index contributed by atoms with van der Waals surface area (Å²) >= 11 is 0. The molecule has 100 valence electrons.